The Hall–Kier alpha value is -3.42. The summed E-state index contributed by atoms with van der Waals surface area (Å²) in [6, 6.07) is 16.7. The number of rotatable bonds is 6. The maximum absolute atomic E-state index is 13.6. The van der Waals surface area contributed by atoms with E-state index in [1.165, 1.54) is 24.3 Å². The van der Waals surface area contributed by atoms with Gasteiger partial charge >= 0.3 is 0 Å². The van der Waals surface area contributed by atoms with Crippen LogP contribution in [0, 0.1) is 11.6 Å². The molecular formula is C26H24F2N4O. The van der Waals surface area contributed by atoms with Crippen LogP contribution in [0.25, 0.3) is 33.6 Å². The standard InChI is InChI=1S/C26H24F2N4O/c27-22-5-1-19(2-6-22)24-18-30-32(12-11-31-13-15-33-16-14-31)26(24)21-9-10-29-25(17-21)20-3-7-23(28)8-4-20/h1-10,17-18H,11-16H2. The molecule has 0 unspecified atom stereocenters. The van der Waals surface area contributed by atoms with E-state index in [4.69, 9.17) is 4.74 Å². The Balaban J connectivity index is 1.53. The van der Waals surface area contributed by atoms with Gasteiger partial charge in [0.15, 0.2) is 0 Å². The fourth-order valence-corrected chi connectivity index (χ4v) is 4.12. The van der Waals surface area contributed by atoms with E-state index >= 15 is 0 Å². The van der Waals surface area contributed by atoms with Crippen molar-refractivity contribution >= 4 is 0 Å². The molecular weight excluding hydrogens is 422 g/mol. The van der Waals surface area contributed by atoms with Gasteiger partial charge in [0.2, 0.25) is 0 Å². The zero-order valence-corrected chi connectivity index (χ0v) is 18.1. The van der Waals surface area contributed by atoms with Gasteiger partial charge in [-0.25, -0.2) is 8.78 Å². The van der Waals surface area contributed by atoms with Gasteiger partial charge in [0.05, 0.1) is 37.3 Å². The van der Waals surface area contributed by atoms with Crippen LogP contribution in [0.15, 0.2) is 73.1 Å². The first kappa shape index (κ1) is 21.4. The highest BCUT2D eigenvalue weighted by molar-refractivity contribution is 5.82. The van der Waals surface area contributed by atoms with Crippen LogP contribution in [0.4, 0.5) is 8.78 Å². The zero-order chi connectivity index (χ0) is 22.6. The molecule has 4 aromatic rings. The third kappa shape index (κ3) is 4.84. The average molecular weight is 447 g/mol. The highest BCUT2D eigenvalue weighted by Gasteiger charge is 2.18. The van der Waals surface area contributed by atoms with Crippen molar-refractivity contribution in [3.05, 3.63) is 84.7 Å². The number of pyridine rings is 1. The van der Waals surface area contributed by atoms with Gasteiger partial charge in [0.1, 0.15) is 11.6 Å². The minimum Gasteiger partial charge on any atom is -0.379 e. The fraction of sp³-hybridized carbons (Fsp3) is 0.231. The quantitative estimate of drug-likeness (QED) is 0.423. The summed E-state index contributed by atoms with van der Waals surface area (Å²) in [5, 5.41) is 4.68. The summed E-state index contributed by atoms with van der Waals surface area (Å²) >= 11 is 0. The van der Waals surface area contributed by atoms with Gasteiger partial charge in [-0.3, -0.25) is 14.6 Å². The van der Waals surface area contributed by atoms with Crippen LogP contribution in [0.1, 0.15) is 0 Å². The van der Waals surface area contributed by atoms with E-state index in [-0.39, 0.29) is 11.6 Å². The molecule has 1 aliphatic heterocycles. The molecule has 0 bridgehead atoms. The Morgan fingerprint density at radius 1 is 0.788 bits per heavy atom. The van der Waals surface area contributed by atoms with Crippen molar-refractivity contribution in [2.45, 2.75) is 6.54 Å². The van der Waals surface area contributed by atoms with E-state index in [1.807, 2.05) is 23.0 Å². The number of hydrogen-bond acceptors (Lipinski definition) is 4. The molecule has 1 fully saturated rings. The molecule has 0 aliphatic carbocycles. The van der Waals surface area contributed by atoms with E-state index in [1.54, 1.807) is 30.5 Å². The van der Waals surface area contributed by atoms with Gasteiger partial charge in [-0.15, -0.1) is 0 Å². The first-order valence-corrected chi connectivity index (χ1v) is 11.0. The molecule has 168 valence electrons. The average Bonchev–Trinajstić information content (AvgIpc) is 3.28. The van der Waals surface area contributed by atoms with Crippen molar-refractivity contribution in [3.8, 4) is 33.6 Å². The highest BCUT2D eigenvalue weighted by atomic mass is 19.1. The lowest BCUT2D eigenvalue weighted by Crippen LogP contribution is -2.38. The molecule has 2 aromatic carbocycles. The Morgan fingerprint density at radius 2 is 1.45 bits per heavy atom. The summed E-state index contributed by atoms with van der Waals surface area (Å²) < 4.78 is 34.4. The lowest BCUT2D eigenvalue weighted by molar-refractivity contribution is 0.0360. The second-order valence-corrected chi connectivity index (χ2v) is 8.03. The number of nitrogens with zero attached hydrogens (tertiary/aromatic N) is 4. The lowest BCUT2D eigenvalue weighted by atomic mass is 10.0. The van der Waals surface area contributed by atoms with Crippen LogP contribution in [0.2, 0.25) is 0 Å². The first-order chi connectivity index (χ1) is 16.2. The Kier molecular flexibility index (Phi) is 6.24. The summed E-state index contributed by atoms with van der Waals surface area (Å²) in [5.74, 6) is -0.558. The van der Waals surface area contributed by atoms with Crippen molar-refractivity contribution in [3.63, 3.8) is 0 Å². The number of ether oxygens (including phenoxy) is 1. The van der Waals surface area contributed by atoms with Crippen LogP contribution >= 0.6 is 0 Å². The molecule has 1 aliphatic rings. The number of hydrogen-bond donors (Lipinski definition) is 0. The fourth-order valence-electron chi connectivity index (χ4n) is 4.12. The number of aromatic nitrogens is 3. The maximum atomic E-state index is 13.6. The normalized spacial score (nSPS) is 14.5. The van der Waals surface area contributed by atoms with Crippen LogP contribution in [-0.4, -0.2) is 52.5 Å². The first-order valence-electron chi connectivity index (χ1n) is 11.0. The molecule has 5 rings (SSSR count). The second-order valence-electron chi connectivity index (χ2n) is 8.03. The van der Waals surface area contributed by atoms with Gasteiger partial charge in [-0.2, -0.15) is 5.10 Å². The predicted octanol–water partition coefficient (Wildman–Crippen LogP) is 4.89. The molecule has 0 saturated carbocycles. The lowest BCUT2D eigenvalue weighted by Gasteiger charge is -2.26. The van der Waals surface area contributed by atoms with Crippen molar-refractivity contribution in [1.82, 2.24) is 19.7 Å². The van der Waals surface area contributed by atoms with Crippen molar-refractivity contribution < 1.29 is 13.5 Å². The van der Waals surface area contributed by atoms with E-state index < -0.39 is 0 Å². The summed E-state index contributed by atoms with van der Waals surface area (Å²) in [4.78, 5) is 6.85. The minimum atomic E-state index is -0.283. The molecule has 33 heavy (non-hydrogen) atoms. The molecule has 0 N–H and O–H groups in total. The molecule has 0 radical (unpaired) electrons. The number of benzene rings is 2. The number of halogens is 2. The summed E-state index contributed by atoms with van der Waals surface area (Å²) in [6.45, 7) is 4.88. The Labute approximate surface area is 191 Å². The second kappa shape index (κ2) is 9.60. The molecule has 2 aromatic heterocycles. The molecule has 7 heteroatoms. The Morgan fingerprint density at radius 3 is 2.15 bits per heavy atom. The minimum absolute atomic E-state index is 0.275. The Bertz CT molecular complexity index is 1220. The largest absolute Gasteiger partial charge is 0.379 e. The van der Waals surface area contributed by atoms with Crippen LogP contribution in [-0.2, 0) is 11.3 Å². The van der Waals surface area contributed by atoms with Crippen LogP contribution in [0.3, 0.4) is 0 Å². The molecule has 0 amide bonds. The van der Waals surface area contributed by atoms with E-state index in [0.717, 1.165) is 66.5 Å². The summed E-state index contributed by atoms with van der Waals surface area (Å²) in [6.07, 6.45) is 3.58. The smallest absolute Gasteiger partial charge is 0.123 e. The third-order valence-corrected chi connectivity index (χ3v) is 5.90. The molecule has 0 atom stereocenters. The topological polar surface area (TPSA) is 43.2 Å². The summed E-state index contributed by atoms with van der Waals surface area (Å²) in [7, 11) is 0. The molecule has 5 nitrogen and oxygen atoms in total. The van der Waals surface area contributed by atoms with E-state index in [2.05, 4.69) is 15.0 Å². The van der Waals surface area contributed by atoms with Gasteiger partial charge in [-0.1, -0.05) is 12.1 Å². The number of morpholine rings is 1. The predicted molar refractivity (Wildman–Crippen MR) is 124 cm³/mol. The van der Waals surface area contributed by atoms with Gasteiger partial charge in [0.25, 0.3) is 0 Å². The van der Waals surface area contributed by atoms with Gasteiger partial charge in [0, 0.05) is 42.5 Å². The molecule has 3 heterocycles. The van der Waals surface area contributed by atoms with E-state index in [9.17, 15) is 8.78 Å². The van der Waals surface area contributed by atoms with Crippen molar-refractivity contribution in [1.29, 1.82) is 0 Å². The highest BCUT2D eigenvalue weighted by Crippen LogP contribution is 2.34. The van der Waals surface area contributed by atoms with Crippen molar-refractivity contribution in [2.24, 2.45) is 0 Å². The van der Waals surface area contributed by atoms with Gasteiger partial charge < -0.3 is 4.74 Å². The van der Waals surface area contributed by atoms with E-state index in [0.29, 0.717) is 6.54 Å². The van der Waals surface area contributed by atoms with Crippen molar-refractivity contribution in [2.75, 3.05) is 32.8 Å². The third-order valence-electron chi connectivity index (χ3n) is 5.90. The monoisotopic (exact) mass is 446 g/mol. The van der Waals surface area contributed by atoms with Gasteiger partial charge in [-0.05, 0) is 54.1 Å². The maximum Gasteiger partial charge on any atom is 0.123 e. The molecule has 0 spiro atoms. The summed E-state index contributed by atoms with van der Waals surface area (Å²) in [5.41, 5.74) is 5.29. The van der Waals surface area contributed by atoms with Crippen LogP contribution in [0.5, 0.6) is 0 Å². The van der Waals surface area contributed by atoms with Crippen LogP contribution < -0.4 is 0 Å². The zero-order valence-electron chi connectivity index (χ0n) is 18.1. The SMILES string of the molecule is Fc1ccc(-c2cc(-c3c(-c4ccc(F)cc4)cnn3CCN3CCOCC3)ccn2)cc1. The molecule has 1 saturated heterocycles.